The second-order valence-corrected chi connectivity index (χ2v) is 12.8. The molecule has 46 heavy (non-hydrogen) atoms. The van der Waals surface area contributed by atoms with E-state index in [1.54, 1.807) is 0 Å². The molecule has 5 aromatic carbocycles. The van der Waals surface area contributed by atoms with Gasteiger partial charge in [-0.25, -0.2) is 9.97 Å². The fourth-order valence-electron chi connectivity index (χ4n) is 7.87. The Hall–Kier alpha value is -5.94. The highest BCUT2D eigenvalue weighted by molar-refractivity contribution is 6.14. The van der Waals surface area contributed by atoms with Crippen LogP contribution in [0.5, 0.6) is 0 Å². The molecule has 0 radical (unpaired) electrons. The van der Waals surface area contributed by atoms with E-state index in [0.29, 0.717) is 0 Å². The van der Waals surface area contributed by atoms with E-state index in [1.165, 1.54) is 44.0 Å². The molecular formula is C41H29N5. The predicted octanol–water partition coefficient (Wildman–Crippen LogP) is 10.2. The van der Waals surface area contributed by atoms with Crippen molar-refractivity contribution >= 4 is 66.2 Å². The molecule has 0 aliphatic carbocycles. The first-order valence-corrected chi connectivity index (χ1v) is 15.8. The molecule has 0 saturated heterocycles. The lowest BCUT2D eigenvalue weighted by Gasteiger charge is -2.42. The van der Waals surface area contributed by atoms with Crippen LogP contribution < -0.4 is 4.90 Å². The van der Waals surface area contributed by atoms with E-state index in [2.05, 4.69) is 149 Å². The third kappa shape index (κ3) is 3.29. The summed E-state index contributed by atoms with van der Waals surface area (Å²) in [7, 11) is 0. The lowest BCUT2D eigenvalue weighted by atomic mass is 9.73. The van der Waals surface area contributed by atoms with E-state index in [-0.39, 0.29) is 5.41 Å². The van der Waals surface area contributed by atoms with Gasteiger partial charge in [0, 0.05) is 51.2 Å². The first-order chi connectivity index (χ1) is 22.6. The first kappa shape index (κ1) is 25.4. The van der Waals surface area contributed by atoms with Gasteiger partial charge in [0.15, 0.2) is 0 Å². The molecule has 0 saturated carbocycles. The Morgan fingerprint density at radius 2 is 1.28 bits per heavy atom. The van der Waals surface area contributed by atoms with Crippen LogP contribution in [0.4, 0.5) is 17.1 Å². The van der Waals surface area contributed by atoms with Crippen molar-refractivity contribution in [1.82, 2.24) is 18.9 Å². The van der Waals surface area contributed by atoms with Crippen molar-refractivity contribution in [1.29, 1.82) is 0 Å². The number of pyridine rings is 2. The Morgan fingerprint density at radius 1 is 0.522 bits per heavy atom. The summed E-state index contributed by atoms with van der Waals surface area (Å²) < 4.78 is 4.51. The zero-order valence-corrected chi connectivity index (χ0v) is 25.5. The summed E-state index contributed by atoms with van der Waals surface area (Å²) in [5, 5.41) is 6.02. The highest BCUT2D eigenvalue weighted by Gasteiger charge is 2.38. The minimum atomic E-state index is -0.214. The minimum Gasteiger partial charge on any atom is -0.310 e. The lowest BCUT2D eigenvalue weighted by Crippen LogP contribution is -2.30. The summed E-state index contributed by atoms with van der Waals surface area (Å²) in [6.07, 6.45) is 5.83. The van der Waals surface area contributed by atoms with Crippen molar-refractivity contribution < 1.29 is 0 Å². The SMILES string of the molecule is CC1(C)c2ccccc2N(c2ccc3c4ccccc4n4ccnc4c3c2)c2cc3c(cc21)c1ccccc1n3-c1ccccn1. The van der Waals surface area contributed by atoms with Gasteiger partial charge in [0.05, 0.1) is 27.9 Å². The van der Waals surface area contributed by atoms with E-state index in [9.17, 15) is 0 Å². The molecule has 5 heterocycles. The zero-order valence-electron chi connectivity index (χ0n) is 25.5. The number of anilines is 3. The van der Waals surface area contributed by atoms with Crippen molar-refractivity contribution in [3.8, 4) is 5.82 Å². The van der Waals surface area contributed by atoms with Crippen LogP contribution in [-0.4, -0.2) is 18.9 Å². The van der Waals surface area contributed by atoms with Crippen LogP contribution in [0.25, 0.3) is 54.9 Å². The van der Waals surface area contributed by atoms with Gasteiger partial charge in [0.2, 0.25) is 0 Å². The topological polar surface area (TPSA) is 38.4 Å². The molecule has 1 aliphatic rings. The van der Waals surface area contributed by atoms with Crippen LogP contribution in [0.15, 0.2) is 140 Å². The largest absolute Gasteiger partial charge is 0.310 e. The zero-order chi connectivity index (χ0) is 30.6. The second kappa shape index (κ2) is 9.05. The molecule has 4 aromatic heterocycles. The molecule has 9 aromatic rings. The normalized spacial score (nSPS) is 14.0. The van der Waals surface area contributed by atoms with Crippen LogP contribution in [0.3, 0.4) is 0 Å². The maximum absolute atomic E-state index is 4.84. The van der Waals surface area contributed by atoms with Gasteiger partial charge >= 0.3 is 0 Å². The Kier molecular flexibility index (Phi) is 5.00. The first-order valence-electron chi connectivity index (χ1n) is 15.8. The highest BCUT2D eigenvalue weighted by atomic mass is 15.2. The second-order valence-electron chi connectivity index (χ2n) is 12.8. The molecule has 0 bridgehead atoms. The minimum absolute atomic E-state index is 0.214. The quantitative estimate of drug-likeness (QED) is 0.188. The molecule has 0 atom stereocenters. The maximum Gasteiger partial charge on any atom is 0.145 e. The van der Waals surface area contributed by atoms with Gasteiger partial charge in [-0.1, -0.05) is 80.6 Å². The van der Waals surface area contributed by atoms with Crippen LogP contribution in [0.1, 0.15) is 25.0 Å². The third-order valence-corrected chi connectivity index (χ3v) is 10.00. The van der Waals surface area contributed by atoms with Gasteiger partial charge in [0.25, 0.3) is 0 Å². The van der Waals surface area contributed by atoms with E-state index in [1.807, 2.05) is 18.5 Å². The van der Waals surface area contributed by atoms with Crippen molar-refractivity contribution in [3.63, 3.8) is 0 Å². The molecule has 0 amide bonds. The number of para-hydroxylation sites is 3. The van der Waals surface area contributed by atoms with Crippen molar-refractivity contribution in [2.75, 3.05) is 4.90 Å². The van der Waals surface area contributed by atoms with Crippen LogP contribution in [0, 0.1) is 0 Å². The number of imidazole rings is 1. The van der Waals surface area contributed by atoms with Gasteiger partial charge < -0.3 is 4.90 Å². The summed E-state index contributed by atoms with van der Waals surface area (Å²) in [6.45, 7) is 4.71. The molecule has 0 spiro atoms. The number of rotatable bonds is 2. The third-order valence-electron chi connectivity index (χ3n) is 10.00. The monoisotopic (exact) mass is 591 g/mol. The number of aromatic nitrogens is 4. The number of hydrogen-bond donors (Lipinski definition) is 0. The summed E-state index contributed by atoms with van der Waals surface area (Å²) >= 11 is 0. The number of fused-ring (bicyclic) bond motifs is 11. The standard InChI is InChI=1S/C41H29N5/c1-41(2)32-13-5-8-16-36(32)45(26-18-19-27-28-11-3-6-14-34(28)44-22-21-43-40(44)31(27)23-26)38-25-37-30(24-33(38)41)29-12-4-7-15-35(29)46(37)39-17-9-10-20-42-39/h3-25H,1-2H3. The summed E-state index contributed by atoms with van der Waals surface area (Å²) in [5.74, 6) is 0.912. The Bertz CT molecular complexity index is 2680. The summed E-state index contributed by atoms with van der Waals surface area (Å²) in [5.41, 5.74) is 10.3. The molecule has 10 rings (SSSR count). The molecule has 5 nitrogen and oxygen atoms in total. The van der Waals surface area contributed by atoms with Crippen LogP contribution in [-0.2, 0) is 5.41 Å². The Balaban J connectivity index is 1.32. The van der Waals surface area contributed by atoms with Gasteiger partial charge in [-0.15, -0.1) is 0 Å². The van der Waals surface area contributed by atoms with Crippen LogP contribution in [0.2, 0.25) is 0 Å². The maximum atomic E-state index is 4.84. The van der Waals surface area contributed by atoms with Crippen molar-refractivity contribution in [2.24, 2.45) is 0 Å². The Morgan fingerprint density at radius 3 is 2.13 bits per heavy atom. The molecular weight excluding hydrogens is 562 g/mol. The highest BCUT2D eigenvalue weighted by Crippen LogP contribution is 2.54. The van der Waals surface area contributed by atoms with Gasteiger partial charge in [-0.2, -0.15) is 0 Å². The predicted molar refractivity (Wildman–Crippen MR) is 189 cm³/mol. The Labute approximate surface area is 265 Å². The number of hydrogen-bond acceptors (Lipinski definition) is 3. The lowest BCUT2D eigenvalue weighted by molar-refractivity contribution is 0.633. The van der Waals surface area contributed by atoms with Crippen molar-refractivity contribution in [3.05, 3.63) is 151 Å². The number of benzene rings is 5. The molecule has 0 fully saturated rings. The van der Waals surface area contributed by atoms with Crippen LogP contribution >= 0.6 is 0 Å². The molecule has 0 unspecified atom stereocenters. The smallest absolute Gasteiger partial charge is 0.145 e. The van der Waals surface area contributed by atoms with E-state index in [4.69, 9.17) is 9.97 Å². The fraction of sp³-hybridized carbons (Fsp3) is 0.0732. The average molecular weight is 592 g/mol. The average Bonchev–Trinajstić information content (AvgIpc) is 3.72. The summed E-state index contributed by atoms with van der Waals surface area (Å²) in [4.78, 5) is 12.1. The molecule has 5 heteroatoms. The van der Waals surface area contributed by atoms with E-state index < -0.39 is 0 Å². The van der Waals surface area contributed by atoms with Crippen molar-refractivity contribution in [2.45, 2.75) is 19.3 Å². The van der Waals surface area contributed by atoms with E-state index in [0.717, 1.165) is 39.1 Å². The van der Waals surface area contributed by atoms with Gasteiger partial charge in [0.1, 0.15) is 11.5 Å². The van der Waals surface area contributed by atoms with Gasteiger partial charge in [-0.3, -0.25) is 8.97 Å². The fourth-order valence-corrected chi connectivity index (χ4v) is 7.87. The molecule has 218 valence electrons. The molecule has 0 N–H and O–H groups in total. The number of nitrogens with zero attached hydrogens (tertiary/aromatic N) is 5. The van der Waals surface area contributed by atoms with E-state index >= 15 is 0 Å². The molecule has 1 aliphatic heterocycles. The van der Waals surface area contributed by atoms with Gasteiger partial charge in [-0.05, 0) is 71.1 Å². The summed E-state index contributed by atoms with van der Waals surface area (Å²) in [6, 6.07) is 43.9.